The molecule has 0 heterocycles. The van der Waals surface area contributed by atoms with Gasteiger partial charge in [0.05, 0.1) is 0 Å². The highest BCUT2D eigenvalue weighted by Crippen LogP contribution is 2.39. The van der Waals surface area contributed by atoms with Crippen LogP contribution in [-0.2, 0) is 0 Å². The molecule has 0 aromatic carbocycles. The van der Waals surface area contributed by atoms with E-state index in [1.54, 1.807) is 0 Å². The summed E-state index contributed by atoms with van der Waals surface area (Å²) in [4.78, 5) is 2.37. The monoisotopic (exact) mass is 718 g/mol. The molecule has 3 heteroatoms. The molecule has 0 rings (SSSR count). The first-order valence-corrected chi connectivity index (χ1v) is 23.7. The number of hydrogen-bond donors (Lipinski definition) is 0. The Hall–Kier alpha value is -0.380. The van der Waals surface area contributed by atoms with Crippen molar-refractivity contribution in [2.75, 3.05) is 19.8 Å². The fourth-order valence-corrected chi connectivity index (χ4v) is 9.83. The molecule has 0 bridgehead atoms. The molecule has 49 heavy (non-hydrogen) atoms. The van der Waals surface area contributed by atoms with Gasteiger partial charge < -0.3 is 4.90 Å². The summed E-state index contributed by atoms with van der Waals surface area (Å²) < 4.78 is 0. The predicted molar refractivity (Wildman–Crippen MR) is 233 cm³/mol. The molecule has 1 unspecified atom stereocenters. The fraction of sp³-hybridized carbons (Fsp3) is 0.826. The van der Waals surface area contributed by atoms with Crippen molar-refractivity contribution in [3.05, 3.63) is 48.6 Å². The van der Waals surface area contributed by atoms with Crippen LogP contribution in [0.1, 0.15) is 208 Å². The molecule has 0 N–H and O–H groups in total. The summed E-state index contributed by atoms with van der Waals surface area (Å²) in [7, 11) is 8.85. The van der Waals surface area contributed by atoms with Crippen LogP contribution in [0.5, 0.6) is 0 Å². The first-order valence-electron chi connectivity index (χ1n) is 21.4. The second kappa shape index (κ2) is 37.4. The third-order valence-electron chi connectivity index (χ3n) is 9.84. The van der Waals surface area contributed by atoms with Crippen LogP contribution >= 0.6 is 21.6 Å². The van der Waals surface area contributed by atoms with Gasteiger partial charge in [0.1, 0.15) is 0 Å². The van der Waals surface area contributed by atoms with Gasteiger partial charge in [0, 0.05) is 17.0 Å². The maximum atomic E-state index is 2.47. The van der Waals surface area contributed by atoms with Crippen molar-refractivity contribution >= 4 is 21.6 Å². The summed E-state index contributed by atoms with van der Waals surface area (Å²) >= 11 is 0. The van der Waals surface area contributed by atoms with Gasteiger partial charge in [-0.05, 0) is 110 Å². The summed E-state index contributed by atoms with van der Waals surface area (Å²) in [5.74, 6) is 1.26. The number of rotatable bonds is 37. The van der Waals surface area contributed by atoms with E-state index in [0.717, 1.165) is 18.1 Å². The Morgan fingerprint density at radius 3 is 1.27 bits per heavy atom. The molecule has 1 atom stereocenters. The minimum absolute atomic E-state index is 0.395. The molecule has 0 aromatic heterocycles. The summed E-state index contributed by atoms with van der Waals surface area (Å²) in [6.45, 7) is 11.9. The van der Waals surface area contributed by atoms with E-state index >= 15 is 0 Å². The fourth-order valence-electron chi connectivity index (χ4n) is 6.29. The second-order valence-electron chi connectivity index (χ2n) is 15.9. The van der Waals surface area contributed by atoms with E-state index in [1.807, 2.05) is 0 Å². The van der Waals surface area contributed by atoms with Crippen LogP contribution in [0.15, 0.2) is 48.6 Å². The Morgan fingerprint density at radius 2 is 0.878 bits per heavy atom. The molecule has 0 spiro atoms. The van der Waals surface area contributed by atoms with E-state index < -0.39 is 0 Å². The third kappa shape index (κ3) is 37.2. The minimum atomic E-state index is 0.395. The van der Waals surface area contributed by atoms with Gasteiger partial charge in [-0.2, -0.15) is 0 Å². The quantitative estimate of drug-likeness (QED) is 0.0358. The Kier molecular flexibility index (Phi) is 37.1. The lowest BCUT2D eigenvalue weighted by Crippen LogP contribution is -2.31. The predicted octanol–water partition coefficient (Wildman–Crippen LogP) is 16.5. The Morgan fingerprint density at radius 1 is 0.510 bits per heavy atom. The normalized spacial score (nSPS) is 13.6. The third-order valence-corrected chi connectivity index (χ3v) is 13.2. The van der Waals surface area contributed by atoms with Crippen molar-refractivity contribution in [1.29, 1.82) is 0 Å². The molecule has 1 nitrogen and oxygen atoms in total. The molecule has 288 valence electrons. The Labute approximate surface area is 318 Å². The van der Waals surface area contributed by atoms with Crippen LogP contribution in [0, 0.1) is 5.41 Å². The molecule has 0 aromatic rings. The van der Waals surface area contributed by atoms with E-state index in [0.29, 0.717) is 11.5 Å². The largest absolute Gasteiger partial charge is 0.307 e. The van der Waals surface area contributed by atoms with E-state index in [1.165, 1.54) is 166 Å². The zero-order chi connectivity index (χ0) is 36.1. The maximum absolute atomic E-state index is 2.47. The highest BCUT2D eigenvalue weighted by molar-refractivity contribution is 8.76. The van der Waals surface area contributed by atoms with Crippen molar-refractivity contribution in [2.45, 2.75) is 219 Å². The minimum Gasteiger partial charge on any atom is -0.307 e. The second-order valence-corrected chi connectivity index (χ2v) is 18.6. The van der Waals surface area contributed by atoms with E-state index in [9.17, 15) is 0 Å². The zero-order valence-corrected chi connectivity index (χ0v) is 36.0. The summed E-state index contributed by atoms with van der Waals surface area (Å²) in [6.07, 6.45) is 55.3. The van der Waals surface area contributed by atoms with Crippen LogP contribution in [0.4, 0.5) is 0 Å². The standard InChI is InChI=1S/C46H87NS2/c1-8-10-12-14-16-18-20-22-24-26-28-30-32-34-36-38-40-45(49-48-43-46(4,5)42-44(3)47(6)7)41-39-37-35-33-31-29-27-25-23-21-19-17-15-13-11-9-2/h16-19,22-25,44-45H,8-15,20-21,26-43H2,1-7H3/b18-16-,19-17-,24-22-,25-23-. The average Bonchev–Trinajstić information content (AvgIpc) is 3.07. The highest BCUT2D eigenvalue weighted by Gasteiger charge is 2.23. The van der Waals surface area contributed by atoms with E-state index in [2.05, 4.69) is 124 Å². The van der Waals surface area contributed by atoms with Gasteiger partial charge in [-0.15, -0.1) is 0 Å². The summed E-state index contributed by atoms with van der Waals surface area (Å²) in [5, 5.41) is 0.837. The zero-order valence-electron chi connectivity index (χ0n) is 34.3. The SMILES string of the molecule is CCCCC/C=C\C/C=C\CCCCCCCCC(CCCCCCCC/C=C\C/C=C\CCCCC)SSCC(C)(C)CC(C)N(C)C. The van der Waals surface area contributed by atoms with Crippen LogP contribution in [0.25, 0.3) is 0 Å². The van der Waals surface area contributed by atoms with Gasteiger partial charge in [-0.1, -0.05) is 188 Å². The van der Waals surface area contributed by atoms with E-state index in [4.69, 9.17) is 0 Å². The summed E-state index contributed by atoms with van der Waals surface area (Å²) in [6, 6.07) is 0.646. The maximum Gasteiger partial charge on any atom is 0.0151 e. The average molecular weight is 718 g/mol. The van der Waals surface area contributed by atoms with Crippen LogP contribution < -0.4 is 0 Å². The summed E-state index contributed by atoms with van der Waals surface area (Å²) in [5.41, 5.74) is 0.395. The number of hydrogen-bond acceptors (Lipinski definition) is 3. The van der Waals surface area contributed by atoms with E-state index in [-0.39, 0.29) is 0 Å². The molecule has 0 radical (unpaired) electrons. The van der Waals surface area contributed by atoms with Gasteiger partial charge in [-0.25, -0.2) is 0 Å². The topological polar surface area (TPSA) is 3.24 Å². The van der Waals surface area contributed by atoms with Gasteiger partial charge in [0.25, 0.3) is 0 Å². The Balaban J connectivity index is 4.21. The number of nitrogens with zero attached hydrogens (tertiary/aromatic N) is 1. The van der Waals surface area contributed by atoms with Crippen molar-refractivity contribution in [1.82, 2.24) is 4.90 Å². The Bertz CT molecular complexity index is 732. The van der Waals surface area contributed by atoms with Gasteiger partial charge >= 0.3 is 0 Å². The molecular formula is C46H87NS2. The van der Waals surface area contributed by atoms with Crippen LogP contribution in [0.2, 0.25) is 0 Å². The molecular weight excluding hydrogens is 631 g/mol. The first-order chi connectivity index (χ1) is 23.8. The van der Waals surface area contributed by atoms with Crippen molar-refractivity contribution in [3.8, 4) is 0 Å². The lowest BCUT2D eigenvalue weighted by molar-refractivity contribution is 0.227. The van der Waals surface area contributed by atoms with Crippen molar-refractivity contribution in [3.63, 3.8) is 0 Å². The number of allylic oxidation sites excluding steroid dienone is 8. The van der Waals surface area contributed by atoms with Crippen LogP contribution in [0.3, 0.4) is 0 Å². The molecule has 0 fully saturated rings. The van der Waals surface area contributed by atoms with Gasteiger partial charge in [-0.3, -0.25) is 0 Å². The lowest BCUT2D eigenvalue weighted by atomic mass is 9.88. The van der Waals surface area contributed by atoms with Crippen molar-refractivity contribution in [2.24, 2.45) is 5.41 Å². The van der Waals surface area contributed by atoms with Crippen LogP contribution in [-0.4, -0.2) is 36.0 Å². The molecule has 0 aliphatic carbocycles. The molecule has 0 saturated heterocycles. The highest BCUT2D eigenvalue weighted by atomic mass is 33.1. The molecule has 0 aliphatic rings. The molecule has 0 amide bonds. The molecule has 0 saturated carbocycles. The van der Waals surface area contributed by atoms with Crippen molar-refractivity contribution < 1.29 is 0 Å². The van der Waals surface area contributed by atoms with Gasteiger partial charge in [0.15, 0.2) is 0 Å². The smallest absolute Gasteiger partial charge is 0.0151 e. The first kappa shape index (κ1) is 48.6. The molecule has 0 aliphatic heterocycles. The van der Waals surface area contributed by atoms with Gasteiger partial charge in [0.2, 0.25) is 0 Å². The lowest BCUT2D eigenvalue weighted by Gasteiger charge is -2.31. The number of unbranched alkanes of at least 4 members (excludes halogenated alkanes) is 18.